The molecule has 2 atom stereocenters. The Morgan fingerprint density at radius 1 is 1.25 bits per heavy atom. The van der Waals surface area contributed by atoms with Crippen molar-refractivity contribution < 1.29 is 9.53 Å². The molecule has 1 aromatic carbocycles. The Hall–Kier alpha value is -1.31. The number of rotatable bonds is 2. The van der Waals surface area contributed by atoms with Crippen LogP contribution in [-0.2, 0) is 9.53 Å². The van der Waals surface area contributed by atoms with Crippen LogP contribution in [0.5, 0.6) is 0 Å². The Balaban J connectivity index is 2.08. The molecule has 2 heteroatoms. The highest BCUT2D eigenvalue weighted by atomic mass is 16.5. The number of cyclic esters (lactones) is 1. The summed E-state index contributed by atoms with van der Waals surface area (Å²) in [7, 11) is 0. The molecule has 0 spiro atoms. The third-order valence-electron chi connectivity index (χ3n) is 3.29. The van der Waals surface area contributed by atoms with Crippen LogP contribution in [0.2, 0.25) is 0 Å². The van der Waals surface area contributed by atoms with Crippen LogP contribution in [0.15, 0.2) is 30.3 Å². The van der Waals surface area contributed by atoms with E-state index < -0.39 is 0 Å². The first kappa shape index (κ1) is 11.2. The molecule has 1 aliphatic heterocycles. The van der Waals surface area contributed by atoms with Gasteiger partial charge < -0.3 is 4.74 Å². The van der Waals surface area contributed by atoms with Crippen LogP contribution in [0, 0.1) is 0 Å². The summed E-state index contributed by atoms with van der Waals surface area (Å²) in [5, 5.41) is 0. The van der Waals surface area contributed by atoms with Gasteiger partial charge in [-0.1, -0.05) is 37.3 Å². The molecule has 1 aliphatic rings. The van der Waals surface area contributed by atoms with Crippen molar-refractivity contribution in [1.29, 1.82) is 0 Å². The maximum absolute atomic E-state index is 11.4. The van der Waals surface area contributed by atoms with Gasteiger partial charge in [0.25, 0.3) is 0 Å². The highest BCUT2D eigenvalue weighted by Crippen LogP contribution is 2.27. The van der Waals surface area contributed by atoms with Gasteiger partial charge >= 0.3 is 5.97 Å². The van der Waals surface area contributed by atoms with Gasteiger partial charge in [-0.05, 0) is 24.8 Å². The zero-order valence-electron chi connectivity index (χ0n) is 9.69. The molecule has 2 rings (SSSR count). The molecule has 1 saturated heterocycles. The number of carbonyl (C=O) groups is 1. The number of hydrogen-bond acceptors (Lipinski definition) is 2. The molecule has 0 bridgehead atoms. The topological polar surface area (TPSA) is 26.3 Å². The summed E-state index contributed by atoms with van der Waals surface area (Å²) in [5.41, 5.74) is 1.25. The fraction of sp³-hybridized carbons (Fsp3) is 0.500. The first-order valence-corrected chi connectivity index (χ1v) is 6.02. The van der Waals surface area contributed by atoms with E-state index in [2.05, 4.69) is 19.1 Å². The minimum absolute atomic E-state index is 0.0368. The van der Waals surface area contributed by atoms with E-state index >= 15 is 0 Å². The van der Waals surface area contributed by atoms with Crippen molar-refractivity contribution in [1.82, 2.24) is 0 Å². The molecule has 0 amide bonds. The zero-order valence-corrected chi connectivity index (χ0v) is 9.69. The molecule has 0 N–H and O–H groups in total. The third-order valence-corrected chi connectivity index (χ3v) is 3.29. The van der Waals surface area contributed by atoms with Crippen molar-refractivity contribution in [2.24, 2.45) is 0 Å². The van der Waals surface area contributed by atoms with E-state index in [4.69, 9.17) is 4.74 Å². The highest BCUT2D eigenvalue weighted by molar-refractivity contribution is 5.69. The molecule has 2 unspecified atom stereocenters. The number of esters is 1. The van der Waals surface area contributed by atoms with Gasteiger partial charge in [0, 0.05) is 12.3 Å². The van der Waals surface area contributed by atoms with Gasteiger partial charge in [0.15, 0.2) is 0 Å². The maximum Gasteiger partial charge on any atom is 0.306 e. The quantitative estimate of drug-likeness (QED) is 0.712. The van der Waals surface area contributed by atoms with Gasteiger partial charge in [-0.3, -0.25) is 4.79 Å². The van der Waals surface area contributed by atoms with Crippen LogP contribution in [0.1, 0.15) is 44.1 Å². The molecule has 2 nitrogen and oxygen atoms in total. The van der Waals surface area contributed by atoms with E-state index in [1.165, 1.54) is 5.56 Å². The van der Waals surface area contributed by atoms with E-state index in [0.717, 1.165) is 19.3 Å². The second kappa shape index (κ2) is 5.15. The molecule has 0 saturated carbocycles. The monoisotopic (exact) mass is 218 g/mol. The van der Waals surface area contributed by atoms with Crippen LogP contribution in [-0.4, -0.2) is 12.1 Å². The summed E-state index contributed by atoms with van der Waals surface area (Å²) in [6.07, 6.45) is 3.68. The Morgan fingerprint density at radius 3 is 2.75 bits per heavy atom. The molecule has 0 aliphatic carbocycles. The fourth-order valence-electron chi connectivity index (χ4n) is 2.22. The largest absolute Gasteiger partial charge is 0.462 e. The molecular formula is C14H18O2. The van der Waals surface area contributed by atoms with Gasteiger partial charge in [0.1, 0.15) is 6.10 Å². The normalized spacial score (nSPS) is 23.3. The summed E-state index contributed by atoms with van der Waals surface area (Å²) in [5.74, 6) is 0.258. The first-order valence-electron chi connectivity index (χ1n) is 6.02. The SMILES string of the molecule is CC(c1ccccc1)C1CCCCC(=O)O1. The van der Waals surface area contributed by atoms with E-state index in [-0.39, 0.29) is 12.1 Å². The lowest BCUT2D eigenvalue weighted by molar-refractivity contribution is -0.148. The van der Waals surface area contributed by atoms with E-state index in [1.54, 1.807) is 0 Å². The minimum Gasteiger partial charge on any atom is -0.462 e. The Morgan fingerprint density at radius 2 is 2.00 bits per heavy atom. The molecule has 0 aromatic heterocycles. The summed E-state index contributed by atoms with van der Waals surface area (Å²) in [6.45, 7) is 2.14. The van der Waals surface area contributed by atoms with Crippen LogP contribution in [0.4, 0.5) is 0 Å². The van der Waals surface area contributed by atoms with E-state index in [1.807, 2.05) is 18.2 Å². The Labute approximate surface area is 96.6 Å². The van der Waals surface area contributed by atoms with Gasteiger partial charge in [0.2, 0.25) is 0 Å². The van der Waals surface area contributed by atoms with Crippen LogP contribution >= 0.6 is 0 Å². The van der Waals surface area contributed by atoms with Crippen molar-refractivity contribution >= 4 is 5.97 Å². The predicted molar refractivity (Wildman–Crippen MR) is 63.2 cm³/mol. The Kier molecular flexibility index (Phi) is 3.60. The number of hydrogen-bond donors (Lipinski definition) is 0. The lowest BCUT2D eigenvalue weighted by atomic mass is 9.92. The number of carbonyl (C=O) groups excluding carboxylic acids is 1. The molecule has 0 radical (unpaired) electrons. The molecule has 1 heterocycles. The highest BCUT2D eigenvalue weighted by Gasteiger charge is 2.24. The van der Waals surface area contributed by atoms with Gasteiger partial charge in [-0.2, -0.15) is 0 Å². The van der Waals surface area contributed by atoms with Crippen molar-refractivity contribution in [3.8, 4) is 0 Å². The van der Waals surface area contributed by atoms with Gasteiger partial charge in [0.05, 0.1) is 0 Å². The summed E-state index contributed by atoms with van der Waals surface area (Å²) < 4.78 is 5.49. The second-order valence-corrected chi connectivity index (χ2v) is 4.47. The van der Waals surface area contributed by atoms with Gasteiger partial charge in [-0.25, -0.2) is 0 Å². The van der Waals surface area contributed by atoms with Crippen LogP contribution in [0.3, 0.4) is 0 Å². The molecule has 1 fully saturated rings. The average molecular weight is 218 g/mol. The van der Waals surface area contributed by atoms with Crippen LogP contribution in [0.25, 0.3) is 0 Å². The smallest absolute Gasteiger partial charge is 0.306 e. The van der Waals surface area contributed by atoms with Crippen molar-refractivity contribution in [2.45, 2.75) is 44.6 Å². The summed E-state index contributed by atoms with van der Waals surface area (Å²) >= 11 is 0. The number of benzene rings is 1. The molecular weight excluding hydrogens is 200 g/mol. The average Bonchev–Trinajstić information content (AvgIpc) is 2.54. The lowest BCUT2D eigenvalue weighted by Gasteiger charge is -2.22. The summed E-state index contributed by atoms with van der Waals surface area (Å²) in [4.78, 5) is 11.4. The van der Waals surface area contributed by atoms with Gasteiger partial charge in [-0.15, -0.1) is 0 Å². The maximum atomic E-state index is 11.4. The van der Waals surface area contributed by atoms with Crippen LogP contribution < -0.4 is 0 Å². The minimum atomic E-state index is -0.0368. The lowest BCUT2D eigenvalue weighted by Crippen LogP contribution is -2.21. The summed E-state index contributed by atoms with van der Waals surface area (Å²) in [6, 6.07) is 10.3. The molecule has 1 aromatic rings. The van der Waals surface area contributed by atoms with E-state index in [0.29, 0.717) is 12.3 Å². The first-order chi connectivity index (χ1) is 7.77. The molecule has 86 valence electrons. The van der Waals surface area contributed by atoms with Crippen molar-refractivity contribution in [3.05, 3.63) is 35.9 Å². The van der Waals surface area contributed by atoms with Crippen molar-refractivity contribution in [3.63, 3.8) is 0 Å². The number of ether oxygens (including phenoxy) is 1. The Bertz CT molecular complexity index is 345. The molecule has 16 heavy (non-hydrogen) atoms. The fourth-order valence-corrected chi connectivity index (χ4v) is 2.22. The zero-order chi connectivity index (χ0) is 11.4. The second-order valence-electron chi connectivity index (χ2n) is 4.47. The van der Waals surface area contributed by atoms with Crippen molar-refractivity contribution in [2.75, 3.05) is 0 Å². The van der Waals surface area contributed by atoms with E-state index in [9.17, 15) is 4.79 Å². The predicted octanol–water partition coefficient (Wildman–Crippen LogP) is 3.28. The standard InChI is InChI=1S/C14H18O2/c1-11(12-7-3-2-4-8-12)13-9-5-6-10-14(15)16-13/h2-4,7-8,11,13H,5-6,9-10H2,1H3. The third kappa shape index (κ3) is 2.63.